The highest BCUT2D eigenvalue weighted by atomic mass is 79.9. The molecule has 4 heteroatoms. The van der Waals surface area contributed by atoms with Gasteiger partial charge >= 0.3 is 0 Å². The molecule has 1 heterocycles. The average molecular weight is 340 g/mol. The number of ether oxygens (including phenoxy) is 1. The van der Waals surface area contributed by atoms with Crippen molar-refractivity contribution in [3.8, 4) is 5.75 Å². The van der Waals surface area contributed by atoms with Gasteiger partial charge in [0.15, 0.2) is 0 Å². The van der Waals surface area contributed by atoms with Crippen molar-refractivity contribution in [1.82, 2.24) is 4.90 Å². The first-order chi connectivity index (χ1) is 9.60. The molecule has 2 rings (SSSR count). The number of hydrogen-bond acceptors (Lipinski definition) is 2. The van der Waals surface area contributed by atoms with Gasteiger partial charge < -0.3 is 9.64 Å². The van der Waals surface area contributed by atoms with Crippen LogP contribution in [0, 0.1) is 5.92 Å². The standard InChI is InChI=1S/C16H22BrNO2/c1-12(17)14-6-8-18(9-7-14)16(19)11-13-4-3-5-15(10-13)20-2/h3-5,10,12,14H,6-9,11H2,1-2H3. The molecule has 1 unspecified atom stereocenters. The number of nitrogens with zero attached hydrogens (tertiary/aromatic N) is 1. The molecule has 1 amide bonds. The summed E-state index contributed by atoms with van der Waals surface area (Å²) in [4.78, 5) is 14.8. The molecule has 110 valence electrons. The van der Waals surface area contributed by atoms with E-state index in [4.69, 9.17) is 4.74 Å². The smallest absolute Gasteiger partial charge is 0.226 e. The van der Waals surface area contributed by atoms with Crippen molar-refractivity contribution in [3.63, 3.8) is 0 Å². The first kappa shape index (κ1) is 15.4. The fraction of sp³-hybridized carbons (Fsp3) is 0.562. The molecule has 0 aromatic heterocycles. The Kier molecular flexibility index (Phi) is 5.46. The van der Waals surface area contributed by atoms with Crippen molar-refractivity contribution in [2.75, 3.05) is 20.2 Å². The zero-order valence-electron chi connectivity index (χ0n) is 12.1. The number of alkyl halides is 1. The second-order valence-corrected chi connectivity index (χ2v) is 6.87. The molecule has 1 aromatic carbocycles. The fourth-order valence-corrected chi connectivity index (χ4v) is 3.21. The fourth-order valence-electron chi connectivity index (χ4n) is 2.68. The summed E-state index contributed by atoms with van der Waals surface area (Å²) in [5.41, 5.74) is 1.02. The van der Waals surface area contributed by atoms with Crippen molar-refractivity contribution >= 4 is 21.8 Å². The van der Waals surface area contributed by atoms with Crippen LogP contribution < -0.4 is 4.74 Å². The first-order valence-corrected chi connectivity index (χ1v) is 8.06. The number of halogens is 1. The number of benzene rings is 1. The molecule has 3 nitrogen and oxygen atoms in total. The highest BCUT2D eigenvalue weighted by Crippen LogP contribution is 2.25. The van der Waals surface area contributed by atoms with Crippen molar-refractivity contribution in [1.29, 1.82) is 0 Å². The number of amides is 1. The zero-order chi connectivity index (χ0) is 14.5. The van der Waals surface area contributed by atoms with Gasteiger partial charge in [-0.3, -0.25) is 4.79 Å². The lowest BCUT2D eigenvalue weighted by molar-refractivity contribution is -0.131. The summed E-state index contributed by atoms with van der Waals surface area (Å²) < 4.78 is 5.19. The van der Waals surface area contributed by atoms with Gasteiger partial charge in [-0.2, -0.15) is 0 Å². The summed E-state index contributed by atoms with van der Waals surface area (Å²) in [6.45, 7) is 3.95. The van der Waals surface area contributed by atoms with Gasteiger partial charge in [0.2, 0.25) is 5.91 Å². The van der Waals surface area contributed by atoms with Crippen molar-refractivity contribution in [2.45, 2.75) is 31.0 Å². The highest BCUT2D eigenvalue weighted by Gasteiger charge is 2.25. The lowest BCUT2D eigenvalue weighted by Crippen LogP contribution is -2.40. The summed E-state index contributed by atoms with van der Waals surface area (Å²) in [7, 11) is 1.65. The third-order valence-electron chi connectivity index (χ3n) is 4.03. The van der Waals surface area contributed by atoms with E-state index in [1.807, 2.05) is 29.2 Å². The summed E-state index contributed by atoms with van der Waals surface area (Å²) in [6, 6.07) is 7.75. The van der Waals surface area contributed by atoms with Crippen LogP contribution >= 0.6 is 15.9 Å². The molecule has 0 N–H and O–H groups in total. The first-order valence-electron chi connectivity index (χ1n) is 7.15. The van der Waals surface area contributed by atoms with Crippen molar-refractivity contribution < 1.29 is 9.53 Å². The molecule has 1 saturated heterocycles. The van der Waals surface area contributed by atoms with Gasteiger partial charge in [-0.15, -0.1) is 0 Å². The summed E-state index contributed by atoms with van der Waals surface area (Å²) in [6.07, 6.45) is 2.65. The molecule has 1 aromatic rings. The Labute approximate surface area is 129 Å². The SMILES string of the molecule is COc1cccc(CC(=O)N2CCC(C(C)Br)CC2)c1. The maximum atomic E-state index is 12.3. The van der Waals surface area contributed by atoms with Crippen LogP contribution in [-0.2, 0) is 11.2 Å². The van der Waals surface area contributed by atoms with Gasteiger partial charge in [0.1, 0.15) is 5.75 Å². The van der Waals surface area contributed by atoms with E-state index >= 15 is 0 Å². The Morgan fingerprint density at radius 3 is 2.75 bits per heavy atom. The summed E-state index contributed by atoms with van der Waals surface area (Å²) in [5.74, 6) is 1.72. The third kappa shape index (κ3) is 3.98. The Morgan fingerprint density at radius 1 is 1.45 bits per heavy atom. The molecule has 0 radical (unpaired) electrons. The Bertz CT molecular complexity index is 454. The summed E-state index contributed by atoms with van der Waals surface area (Å²) >= 11 is 3.65. The van der Waals surface area contributed by atoms with Gasteiger partial charge in [-0.05, 0) is 36.5 Å². The van der Waals surface area contributed by atoms with E-state index in [0.29, 0.717) is 17.2 Å². The van der Waals surface area contributed by atoms with E-state index in [1.165, 1.54) is 0 Å². The van der Waals surface area contributed by atoms with E-state index in [2.05, 4.69) is 22.9 Å². The molecular weight excluding hydrogens is 318 g/mol. The van der Waals surface area contributed by atoms with E-state index in [0.717, 1.165) is 37.2 Å². The second kappa shape index (κ2) is 7.11. The van der Waals surface area contributed by atoms with Crippen LogP contribution in [0.1, 0.15) is 25.3 Å². The van der Waals surface area contributed by atoms with E-state index < -0.39 is 0 Å². The molecule has 1 atom stereocenters. The molecule has 0 spiro atoms. The third-order valence-corrected chi connectivity index (χ3v) is 4.78. The lowest BCUT2D eigenvalue weighted by Gasteiger charge is -2.33. The number of hydrogen-bond donors (Lipinski definition) is 0. The number of likely N-dealkylation sites (tertiary alicyclic amines) is 1. The molecule has 0 aliphatic carbocycles. The number of carbonyl (C=O) groups is 1. The minimum absolute atomic E-state index is 0.221. The molecule has 0 saturated carbocycles. The second-order valence-electron chi connectivity index (χ2n) is 5.42. The maximum Gasteiger partial charge on any atom is 0.226 e. The van der Waals surface area contributed by atoms with Crippen LogP contribution in [0.15, 0.2) is 24.3 Å². The van der Waals surface area contributed by atoms with Crippen LogP contribution in [-0.4, -0.2) is 35.8 Å². The highest BCUT2D eigenvalue weighted by molar-refractivity contribution is 9.09. The van der Waals surface area contributed by atoms with Gasteiger partial charge in [-0.25, -0.2) is 0 Å². The number of piperidine rings is 1. The quantitative estimate of drug-likeness (QED) is 0.788. The largest absolute Gasteiger partial charge is 0.497 e. The maximum absolute atomic E-state index is 12.3. The van der Waals surface area contributed by atoms with Crippen LogP contribution in [0.4, 0.5) is 0 Å². The van der Waals surface area contributed by atoms with Gasteiger partial charge in [-0.1, -0.05) is 35.0 Å². The minimum atomic E-state index is 0.221. The van der Waals surface area contributed by atoms with Crippen LogP contribution in [0.3, 0.4) is 0 Å². The molecule has 1 fully saturated rings. The Hall–Kier alpha value is -1.03. The predicted molar refractivity (Wildman–Crippen MR) is 84.4 cm³/mol. The molecule has 1 aliphatic heterocycles. The molecule has 0 bridgehead atoms. The molecule has 20 heavy (non-hydrogen) atoms. The van der Waals surface area contributed by atoms with E-state index in [9.17, 15) is 4.79 Å². The predicted octanol–water partition coefficient (Wildman–Crippen LogP) is 3.26. The van der Waals surface area contributed by atoms with Crippen LogP contribution in [0.5, 0.6) is 5.75 Å². The van der Waals surface area contributed by atoms with Crippen molar-refractivity contribution in [3.05, 3.63) is 29.8 Å². The Morgan fingerprint density at radius 2 is 2.15 bits per heavy atom. The average Bonchev–Trinajstić information content (AvgIpc) is 2.47. The lowest BCUT2D eigenvalue weighted by atomic mass is 9.94. The number of rotatable bonds is 4. The topological polar surface area (TPSA) is 29.5 Å². The van der Waals surface area contributed by atoms with E-state index in [1.54, 1.807) is 7.11 Å². The molecule has 1 aliphatic rings. The monoisotopic (exact) mass is 339 g/mol. The van der Waals surface area contributed by atoms with Gasteiger partial charge in [0.05, 0.1) is 13.5 Å². The van der Waals surface area contributed by atoms with Crippen molar-refractivity contribution in [2.24, 2.45) is 5.92 Å². The van der Waals surface area contributed by atoms with Crippen LogP contribution in [0.25, 0.3) is 0 Å². The molecular formula is C16H22BrNO2. The number of methoxy groups -OCH3 is 1. The van der Waals surface area contributed by atoms with Gasteiger partial charge in [0, 0.05) is 17.9 Å². The minimum Gasteiger partial charge on any atom is -0.497 e. The van der Waals surface area contributed by atoms with Gasteiger partial charge in [0.25, 0.3) is 0 Å². The van der Waals surface area contributed by atoms with Crippen LogP contribution in [0.2, 0.25) is 0 Å². The number of carbonyl (C=O) groups excluding carboxylic acids is 1. The zero-order valence-corrected chi connectivity index (χ0v) is 13.7. The normalized spacial score (nSPS) is 17.9. The van der Waals surface area contributed by atoms with E-state index in [-0.39, 0.29) is 5.91 Å². The Balaban J connectivity index is 1.89. The summed E-state index contributed by atoms with van der Waals surface area (Å²) in [5, 5.41) is 0.